The molecule has 0 aromatic heterocycles. The van der Waals surface area contributed by atoms with Crippen molar-refractivity contribution in [1.82, 2.24) is 0 Å². The fraction of sp³-hybridized carbons (Fsp3) is 0.400. The van der Waals surface area contributed by atoms with Crippen LogP contribution >= 0.6 is 11.6 Å². The normalized spacial score (nSPS) is 10.8. The second-order valence-corrected chi connectivity index (χ2v) is 3.64. The van der Waals surface area contributed by atoms with E-state index in [1.165, 1.54) is 4.90 Å². The minimum Gasteiger partial charge on any atom is -0.396 e. The van der Waals surface area contributed by atoms with Crippen LogP contribution in [0.1, 0.15) is 0 Å². The number of hydrogen-bond acceptors (Lipinski definition) is 3. The average Bonchev–Trinajstić information content (AvgIpc) is 2.21. The van der Waals surface area contributed by atoms with Crippen molar-refractivity contribution in [1.29, 1.82) is 0 Å². The summed E-state index contributed by atoms with van der Waals surface area (Å²) >= 11 is 5.79. The minimum atomic E-state index is -2.50. The monoisotopic (exact) mass is 250 g/mol. The minimum absolute atomic E-state index is 0.0921. The van der Waals surface area contributed by atoms with Crippen molar-refractivity contribution in [3.05, 3.63) is 23.2 Å². The van der Waals surface area contributed by atoms with Gasteiger partial charge in [-0.05, 0) is 12.1 Å². The number of aliphatic hydroxyl groups excluding tert-OH is 1. The van der Waals surface area contributed by atoms with Gasteiger partial charge >= 0.3 is 0 Å². The number of aliphatic hydroxyl groups is 1. The molecule has 0 atom stereocenters. The lowest BCUT2D eigenvalue weighted by molar-refractivity contribution is 0.153. The maximum atomic E-state index is 12.3. The van der Waals surface area contributed by atoms with Gasteiger partial charge < -0.3 is 15.7 Å². The Morgan fingerprint density at radius 2 is 2.12 bits per heavy atom. The summed E-state index contributed by atoms with van der Waals surface area (Å²) < 4.78 is 24.7. The molecule has 0 radical (unpaired) electrons. The Kier molecular flexibility index (Phi) is 4.76. The fourth-order valence-corrected chi connectivity index (χ4v) is 1.57. The molecule has 0 amide bonds. The third kappa shape index (κ3) is 3.21. The highest BCUT2D eigenvalue weighted by Gasteiger charge is 2.15. The number of para-hydroxylation sites is 1. The van der Waals surface area contributed by atoms with Gasteiger partial charge in [0, 0.05) is 6.54 Å². The summed E-state index contributed by atoms with van der Waals surface area (Å²) in [6, 6.07) is 4.81. The van der Waals surface area contributed by atoms with Crippen molar-refractivity contribution >= 4 is 23.0 Å². The predicted octanol–water partition coefficient (Wildman–Crippen LogP) is 1.99. The largest absolute Gasteiger partial charge is 0.396 e. The first-order chi connectivity index (χ1) is 7.56. The summed E-state index contributed by atoms with van der Waals surface area (Å²) in [5, 5.41) is 9.13. The number of hydrogen-bond donors (Lipinski definition) is 2. The molecule has 0 bridgehead atoms. The number of benzene rings is 1. The van der Waals surface area contributed by atoms with Crippen LogP contribution in [-0.2, 0) is 0 Å². The van der Waals surface area contributed by atoms with E-state index in [4.69, 9.17) is 22.4 Å². The maximum Gasteiger partial charge on any atom is 0.255 e. The summed E-state index contributed by atoms with van der Waals surface area (Å²) in [6.07, 6.45) is -2.50. The highest BCUT2D eigenvalue weighted by Crippen LogP contribution is 2.30. The van der Waals surface area contributed by atoms with Crippen molar-refractivity contribution in [3.8, 4) is 0 Å². The summed E-state index contributed by atoms with van der Waals surface area (Å²) in [5.41, 5.74) is 6.36. The number of nitrogens with zero attached hydrogens (tertiary/aromatic N) is 1. The van der Waals surface area contributed by atoms with Crippen LogP contribution in [0.25, 0.3) is 0 Å². The first-order valence-corrected chi connectivity index (χ1v) is 5.12. The molecule has 0 unspecified atom stereocenters. The lowest BCUT2D eigenvalue weighted by atomic mass is 10.2. The van der Waals surface area contributed by atoms with Crippen molar-refractivity contribution in [2.24, 2.45) is 0 Å². The molecule has 0 heterocycles. The molecule has 90 valence electrons. The van der Waals surface area contributed by atoms with Crippen LogP contribution in [0.15, 0.2) is 18.2 Å². The van der Waals surface area contributed by atoms with Crippen molar-refractivity contribution in [2.75, 3.05) is 30.3 Å². The number of rotatable bonds is 5. The Bertz CT molecular complexity index is 350. The summed E-state index contributed by atoms with van der Waals surface area (Å²) in [6.45, 7) is -0.612. The van der Waals surface area contributed by atoms with Gasteiger partial charge in [0.15, 0.2) is 0 Å². The standard InChI is InChI=1S/C10H13ClF2N2O/c11-7-2-1-3-8(10(7)14)15(4-5-16)6-9(12)13/h1-3,9,16H,4-6,14H2. The maximum absolute atomic E-state index is 12.3. The molecule has 1 aromatic rings. The second-order valence-electron chi connectivity index (χ2n) is 3.23. The summed E-state index contributed by atoms with van der Waals surface area (Å²) in [4.78, 5) is 1.31. The van der Waals surface area contributed by atoms with E-state index in [2.05, 4.69) is 0 Å². The molecule has 0 aliphatic heterocycles. The van der Waals surface area contributed by atoms with E-state index >= 15 is 0 Å². The van der Waals surface area contributed by atoms with Crippen LogP contribution in [0.5, 0.6) is 0 Å². The van der Waals surface area contributed by atoms with Crippen LogP contribution < -0.4 is 10.6 Å². The molecule has 0 aliphatic rings. The Morgan fingerprint density at radius 1 is 1.44 bits per heavy atom. The van der Waals surface area contributed by atoms with Gasteiger partial charge in [-0.25, -0.2) is 8.78 Å². The molecule has 3 nitrogen and oxygen atoms in total. The lowest BCUT2D eigenvalue weighted by Gasteiger charge is -2.25. The van der Waals surface area contributed by atoms with E-state index in [1.54, 1.807) is 18.2 Å². The summed E-state index contributed by atoms with van der Waals surface area (Å²) in [7, 11) is 0. The summed E-state index contributed by atoms with van der Waals surface area (Å²) in [5.74, 6) is 0. The predicted molar refractivity (Wildman–Crippen MR) is 61.2 cm³/mol. The Balaban J connectivity index is 2.96. The molecule has 1 aromatic carbocycles. The zero-order chi connectivity index (χ0) is 12.1. The van der Waals surface area contributed by atoms with Gasteiger partial charge in [-0.1, -0.05) is 17.7 Å². The molecule has 0 fully saturated rings. The molecular weight excluding hydrogens is 238 g/mol. The molecule has 3 N–H and O–H groups in total. The third-order valence-corrected chi connectivity index (χ3v) is 2.43. The second kappa shape index (κ2) is 5.86. The molecular formula is C10H13ClF2N2O. The lowest BCUT2D eigenvalue weighted by Crippen LogP contribution is -2.32. The highest BCUT2D eigenvalue weighted by atomic mass is 35.5. The molecule has 0 saturated heterocycles. The van der Waals surface area contributed by atoms with Crippen LogP contribution in [0.4, 0.5) is 20.2 Å². The van der Waals surface area contributed by atoms with Crippen molar-refractivity contribution in [3.63, 3.8) is 0 Å². The molecule has 1 rings (SSSR count). The van der Waals surface area contributed by atoms with Crippen LogP contribution in [0, 0.1) is 0 Å². The molecule has 0 saturated carbocycles. The van der Waals surface area contributed by atoms with Gasteiger partial charge in [0.05, 0.1) is 29.5 Å². The average molecular weight is 251 g/mol. The number of nitrogens with two attached hydrogens (primary N) is 1. The molecule has 6 heteroatoms. The van der Waals surface area contributed by atoms with Crippen molar-refractivity contribution < 1.29 is 13.9 Å². The van der Waals surface area contributed by atoms with Gasteiger partial charge in [-0.2, -0.15) is 0 Å². The molecule has 16 heavy (non-hydrogen) atoms. The quantitative estimate of drug-likeness (QED) is 0.786. The molecule has 0 aliphatic carbocycles. The van der Waals surface area contributed by atoms with E-state index in [9.17, 15) is 8.78 Å². The zero-order valence-corrected chi connectivity index (χ0v) is 9.29. The third-order valence-electron chi connectivity index (χ3n) is 2.10. The first-order valence-electron chi connectivity index (χ1n) is 4.74. The van der Waals surface area contributed by atoms with Gasteiger partial charge in [-0.3, -0.25) is 0 Å². The van der Waals surface area contributed by atoms with Crippen LogP contribution in [0.3, 0.4) is 0 Å². The van der Waals surface area contributed by atoms with E-state index in [0.29, 0.717) is 10.7 Å². The Hall–Kier alpha value is -1.07. The Morgan fingerprint density at radius 3 is 2.69 bits per heavy atom. The highest BCUT2D eigenvalue weighted by molar-refractivity contribution is 6.33. The van der Waals surface area contributed by atoms with Gasteiger partial charge in [0.1, 0.15) is 0 Å². The fourth-order valence-electron chi connectivity index (χ4n) is 1.40. The van der Waals surface area contributed by atoms with Gasteiger partial charge in [-0.15, -0.1) is 0 Å². The van der Waals surface area contributed by atoms with E-state index in [0.717, 1.165) is 0 Å². The van der Waals surface area contributed by atoms with E-state index in [1.807, 2.05) is 0 Å². The van der Waals surface area contributed by atoms with Gasteiger partial charge in [0.2, 0.25) is 0 Å². The van der Waals surface area contributed by atoms with Gasteiger partial charge in [0.25, 0.3) is 6.43 Å². The van der Waals surface area contributed by atoms with Crippen molar-refractivity contribution in [2.45, 2.75) is 6.43 Å². The van der Waals surface area contributed by atoms with E-state index < -0.39 is 13.0 Å². The smallest absolute Gasteiger partial charge is 0.255 e. The van der Waals surface area contributed by atoms with E-state index in [-0.39, 0.29) is 18.8 Å². The first kappa shape index (κ1) is 13.0. The molecule has 0 spiro atoms. The topological polar surface area (TPSA) is 49.5 Å². The SMILES string of the molecule is Nc1c(Cl)cccc1N(CCO)CC(F)F. The number of nitrogen functional groups attached to an aromatic ring is 1. The Labute approximate surface area is 97.4 Å². The number of halogens is 3. The van der Waals surface area contributed by atoms with Crippen LogP contribution in [-0.4, -0.2) is 31.2 Å². The zero-order valence-electron chi connectivity index (χ0n) is 8.54. The number of anilines is 2. The number of alkyl halides is 2. The van der Waals surface area contributed by atoms with Crippen LogP contribution in [0.2, 0.25) is 5.02 Å².